The zero-order valence-corrected chi connectivity index (χ0v) is 12.3. The molecule has 0 bridgehead atoms. The van der Waals surface area contributed by atoms with Crippen molar-refractivity contribution in [2.45, 2.75) is 38.4 Å². The van der Waals surface area contributed by atoms with Gasteiger partial charge in [0.1, 0.15) is 0 Å². The zero-order valence-electron chi connectivity index (χ0n) is 12.3. The molecule has 0 aliphatic carbocycles. The van der Waals surface area contributed by atoms with Crippen molar-refractivity contribution in [3.63, 3.8) is 0 Å². The predicted molar refractivity (Wildman–Crippen MR) is 72.8 cm³/mol. The molecule has 2 unspecified atom stereocenters. The van der Waals surface area contributed by atoms with Gasteiger partial charge in [-0.3, -0.25) is 4.79 Å². The van der Waals surface area contributed by atoms with E-state index in [0.29, 0.717) is 19.4 Å². The van der Waals surface area contributed by atoms with E-state index in [1.807, 2.05) is 0 Å². The quantitative estimate of drug-likeness (QED) is 0.651. The van der Waals surface area contributed by atoms with Crippen LogP contribution in [0.5, 0.6) is 0 Å². The Kier molecular flexibility index (Phi) is 6.93. The molecule has 21 heavy (non-hydrogen) atoms. The second-order valence-electron chi connectivity index (χ2n) is 4.82. The van der Waals surface area contributed by atoms with E-state index >= 15 is 0 Å². The third kappa shape index (κ3) is 5.99. The lowest BCUT2D eigenvalue weighted by atomic mass is 10.2. The number of rotatable bonds is 7. The highest BCUT2D eigenvalue weighted by Gasteiger charge is 2.30. The molecule has 120 valence electrons. The Bertz CT molecular complexity index is 387. The molecule has 1 aliphatic heterocycles. The molecule has 0 aromatic carbocycles. The molecule has 1 fully saturated rings. The average Bonchev–Trinajstić information content (AvgIpc) is 2.91. The summed E-state index contributed by atoms with van der Waals surface area (Å²) in [5.41, 5.74) is 0. The van der Waals surface area contributed by atoms with Gasteiger partial charge >= 0.3 is 18.0 Å². The van der Waals surface area contributed by atoms with Crippen molar-refractivity contribution in [2.24, 2.45) is 0 Å². The topological polar surface area (TPSA) is 105 Å². The Labute approximate surface area is 123 Å². The lowest BCUT2D eigenvalue weighted by Gasteiger charge is -2.19. The summed E-state index contributed by atoms with van der Waals surface area (Å²) in [7, 11) is 1.57. The summed E-state index contributed by atoms with van der Waals surface area (Å²) < 4.78 is 10.1. The maximum Gasteiger partial charge on any atom is 0.332 e. The summed E-state index contributed by atoms with van der Waals surface area (Å²) in [6, 6.07) is -0.332. The molecule has 0 saturated carbocycles. The van der Waals surface area contributed by atoms with Crippen LogP contribution in [0.3, 0.4) is 0 Å². The van der Waals surface area contributed by atoms with Gasteiger partial charge in [0, 0.05) is 20.1 Å². The number of carbonyl (C=O) groups excluding carboxylic acids is 2. The number of nitrogens with one attached hydrogen (secondary N) is 1. The zero-order chi connectivity index (χ0) is 15.8. The van der Waals surface area contributed by atoms with Crippen LogP contribution in [-0.4, -0.2) is 66.9 Å². The maximum atomic E-state index is 11.8. The van der Waals surface area contributed by atoms with Gasteiger partial charge in [0.05, 0.1) is 19.1 Å². The van der Waals surface area contributed by atoms with Crippen molar-refractivity contribution < 1.29 is 29.0 Å². The molecule has 2 atom stereocenters. The summed E-state index contributed by atoms with van der Waals surface area (Å²) in [5, 5.41) is 11.5. The van der Waals surface area contributed by atoms with Crippen LogP contribution in [0.1, 0.15) is 26.2 Å². The summed E-state index contributed by atoms with van der Waals surface area (Å²) in [4.78, 5) is 35.1. The van der Waals surface area contributed by atoms with Crippen molar-refractivity contribution in [1.82, 2.24) is 10.2 Å². The minimum Gasteiger partial charge on any atom is -0.479 e. The highest BCUT2D eigenvalue weighted by atomic mass is 16.5. The molecule has 0 radical (unpaired) electrons. The fraction of sp³-hybridized carbons (Fsp3) is 0.769. The maximum absolute atomic E-state index is 11.8. The number of ether oxygens (including phenoxy) is 2. The monoisotopic (exact) mass is 302 g/mol. The first-order chi connectivity index (χ1) is 9.93. The molecule has 0 aromatic heterocycles. The van der Waals surface area contributed by atoms with Gasteiger partial charge in [-0.15, -0.1) is 0 Å². The number of hydrogen-bond acceptors (Lipinski definition) is 5. The van der Waals surface area contributed by atoms with Crippen LogP contribution in [0.15, 0.2) is 0 Å². The van der Waals surface area contributed by atoms with Crippen LogP contribution in [0.4, 0.5) is 4.79 Å². The minimum atomic E-state index is -0.976. The molecule has 8 nitrogen and oxygen atoms in total. The highest BCUT2D eigenvalue weighted by Crippen LogP contribution is 2.19. The standard InChI is InChI=1S/C13H22N2O6/c1-3-20-11(16)6-7-15(2)13(19)14-8-9-4-5-10(21-9)12(17)18/h9-10H,3-8H2,1-2H3,(H,14,19)(H,17,18). The first-order valence-electron chi connectivity index (χ1n) is 6.96. The van der Waals surface area contributed by atoms with Crippen molar-refractivity contribution in [3.8, 4) is 0 Å². The van der Waals surface area contributed by atoms with E-state index in [4.69, 9.17) is 14.6 Å². The van der Waals surface area contributed by atoms with E-state index < -0.39 is 12.1 Å². The Balaban J connectivity index is 2.21. The third-order valence-corrected chi connectivity index (χ3v) is 3.17. The van der Waals surface area contributed by atoms with Crippen molar-refractivity contribution >= 4 is 18.0 Å². The highest BCUT2D eigenvalue weighted by molar-refractivity contribution is 5.75. The smallest absolute Gasteiger partial charge is 0.332 e. The van der Waals surface area contributed by atoms with Crippen LogP contribution in [0.2, 0.25) is 0 Å². The fourth-order valence-electron chi connectivity index (χ4n) is 1.97. The number of aliphatic carboxylic acids is 1. The fourth-order valence-corrected chi connectivity index (χ4v) is 1.97. The number of amides is 2. The van der Waals surface area contributed by atoms with Crippen molar-refractivity contribution in [1.29, 1.82) is 0 Å². The lowest BCUT2D eigenvalue weighted by Crippen LogP contribution is -2.42. The number of carboxylic acid groups (broad SMARTS) is 1. The van der Waals surface area contributed by atoms with Gasteiger partial charge in [0.2, 0.25) is 0 Å². The molecule has 1 saturated heterocycles. The lowest BCUT2D eigenvalue weighted by molar-refractivity contribution is -0.149. The number of carboxylic acids is 1. The number of esters is 1. The van der Waals surface area contributed by atoms with Crippen LogP contribution in [0, 0.1) is 0 Å². The Morgan fingerprint density at radius 3 is 2.67 bits per heavy atom. The SMILES string of the molecule is CCOC(=O)CCN(C)C(=O)NCC1CCC(C(=O)O)O1. The van der Waals surface area contributed by atoms with Gasteiger partial charge < -0.3 is 24.8 Å². The number of urea groups is 1. The van der Waals surface area contributed by atoms with Crippen molar-refractivity contribution in [3.05, 3.63) is 0 Å². The van der Waals surface area contributed by atoms with E-state index in [1.165, 1.54) is 4.90 Å². The van der Waals surface area contributed by atoms with E-state index in [2.05, 4.69) is 5.32 Å². The molecule has 8 heteroatoms. The van der Waals surface area contributed by atoms with Gasteiger partial charge in [0.15, 0.2) is 6.10 Å². The van der Waals surface area contributed by atoms with Crippen LogP contribution in [-0.2, 0) is 19.1 Å². The average molecular weight is 302 g/mol. The van der Waals surface area contributed by atoms with E-state index in [1.54, 1.807) is 14.0 Å². The van der Waals surface area contributed by atoms with Gasteiger partial charge in [-0.1, -0.05) is 0 Å². The summed E-state index contributed by atoms with van der Waals surface area (Å²) in [5.74, 6) is -1.32. The first-order valence-corrected chi connectivity index (χ1v) is 6.96. The number of nitrogens with zero attached hydrogens (tertiary/aromatic N) is 1. The Morgan fingerprint density at radius 2 is 2.10 bits per heavy atom. The van der Waals surface area contributed by atoms with Crippen LogP contribution < -0.4 is 5.32 Å². The van der Waals surface area contributed by atoms with E-state index in [-0.39, 0.29) is 37.6 Å². The van der Waals surface area contributed by atoms with Crippen molar-refractivity contribution in [2.75, 3.05) is 26.7 Å². The Hall–Kier alpha value is -1.83. The predicted octanol–water partition coefficient (Wildman–Crippen LogP) is 0.213. The number of hydrogen-bond donors (Lipinski definition) is 2. The van der Waals surface area contributed by atoms with Crippen LogP contribution >= 0.6 is 0 Å². The normalized spacial score (nSPS) is 20.9. The second-order valence-corrected chi connectivity index (χ2v) is 4.82. The molecular formula is C13H22N2O6. The molecule has 2 N–H and O–H groups in total. The summed E-state index contributed by atoms with van der Waals surface area (Å²) in [6.07, 6.45) is 0.124. The van der Waals surface area contributed by atoms with Crippen LogP contribution in [0.25, 0.3) is 0 Å². The molecule has 0 aromatic rings. The molecule has 2 amide bonds. The van der Waals surface area contributed by atoms with Gasteiger partial charge in [-0.25, -0.2) is 9.59 Å². The summed E-state index contributed by atoms with van der Waals surface area (Å²) >= 11 is 0. The molecule has 1 rings (SSSR count). The van der Waals surface area contributed by atoms with Gasteiger partial charge in [-0.05, 0) is 19.8 Å². The minimum absolute atomic E-state index is 0.138. The first kappa shape index (κ1) is 17.2. The van der Waals surface area contributed by atoms with Gasteiger partial charge in [0.25, 0.3) is 0 Å². The van der Waals surface area contributed by atoms with E-state index in [0.717, 1.165) is 0 Å². The number of carbonyl (C=O) groups is 3. The summed E-state index contributed by atoms with van der Waals surface area (Å²) in [6.45, 7) is 2.55. The molecule has 1 aliphatic rings. The third-order valence-electron chi connectivity index (χ3n) is 3.17. The largest absolute Gasteiger partial charge is 0.479 e. The second kappa shape index (κ2) is 8.46. The Morgan fingerprint density at radius 1 is 1.38 bits per heavy atom. The molecular weight excluding hydrogens is 280 g/mol. The van der Waals surface area contributed by atoms with Gasteiger partial charge in [-0.2, -0.15) is 0 Å². The molecule has 1 heterocycles. The molecule has 0 spiro atoms. The van der Waals surface area contributed by atoms with E-state index in [9.17, 15) is 14.4 Å².